The van der Waals surface area contributed by atoms with Crippen LogP contribution >= 0.6 is 0 Å². The Bertz CT molecular complexity index is 2370. The van der Waals surface area contributed by atoms with E-state index in [9.17, 15) is 0 Å². The molecule has 0 bridgehead atoms. The Labute approximate surface area is 470 Å². The van der Waals surface area contributed by atoms with Crippen molar-refractivity contribution in [1.82, 2.24) is 0 Å². The van der Waals surface area contributed by atoms with Gasteiger partial charge in [-0.2, -0.15) is 38.5 Å². The van der Waals surface area contributed by atoms with Crippen LogP contribution in [0.15, 0.2) is 273 Å². The fourth-order valence-electron chi connectivity index (χ4n) is 13.6. The van der Waals surface area contributed by atoms with E-state index in [-0.39, 0.29) is 17.4 Å². The van der Waals surface area contributed by atoms with Gasteiger partial charge in [0.25, 0.3) is 0 Å². The standard InChI is InChI=1S/3C24H25Si.Cr/c3*1-5-13-21(14-6-1)25(22-15-7-2-8-16-22,23-17-9-3-10-18-23)24-19-11-4-12-20-24;/h3*1-3,5-10,13-18H,4,11-12,19-20H2;/q3*-1;+3. The normalized spacial score (nSPS) is 15.6. The molecule has 76 heavy (non-hydrogen) atoms. The Morgan fingerprint density at radius 3 is 0.408 bits per heavy atom. The van der Waals surface area contributed by atoms with Crippen molar-refractivity contribution in [1.29, 1.82) is 0 Å². The van der Waals surface area contributed by atoms with Crippen molar-refractivity contribution in [3.63, 3.8) is 0 Å². The van der Waals surface area contributed by atoms with Crippen LogP contribution in [0.3, 0.4) is 0 Å². The molecule has 381 valence electrons. The number of hydrogen-bond acceptors (Lipinski definition) is 0. The van der Waals surface area contributed by atoms with Gasteiger partial charge >= 0.3 is 17.4 Å². The summed E-state index contributed by atoms with van der Waals surface area (Å²) in [5.74, 6) is 0. The first-order chi connectivity index (χ1) is 37.3. The van der Waals surface area contributed by atoms with Gasteiger partial charge in [0.2, 0.25) is 0 Å². The summed E-state index contributed by atoms with van der Waals surface area (Å²) in [6.07, 6.45) is 19.9. The smallest absolute Gasteiger partial charge is 0.299 e. The number of rotatable bonds is 12. The van der Waals surface area contributed by atoms with Crippen LogP contribution in [0.1, 0.15) is 96.3 Å². The SMILES string of the molecule is [Cr+3].c1ccc([Si](c2ccccc2)(c2ccccc2)[C-]2CCCCC2)cc1.c1ccc([Si](c2ccccc2)(c2ccccc2)[C-]2CCCCC2)cc1.c1ccc([Si](c2ccccc2)(c2ccccc2)[C-]2CCCCC2)cc1. The molecule has 3 saturated carbocycles. The predicted molar refractivity (Wildman–Crippen MR) is 331 cm³/mol. The van der Waals surface area contributed by atoms with Crippen molar-refractivity contribution in [2.24, 2.45) is 0 Å². The van der Waals surface area contributed by atoms with Gasteiger partial charge in [0, 0.05) is 24.2 Å². The van der Waals surface area contributed by atoms with E-state index in [2.05, 4.69) is 273 Å². The zero-order chi connectivity index (χ0) is 50.9. The van der Waals surface area contributed by atoms with Gasteiger partial charge in [0.1, 0.15) is 0 Å². The molecule has 0 saturated heterocycles. The Morgan fingerprint density at radius 2 is 0.289 bits per heavy atom. The van der Waals surface area contributed by atoms with Crippen LogP contribution in [0, 0.1) is 16.6 Å². The maximum absolute atomic E-state index is 2.37. The second-order valence-electron chi connectivity index (χ2n) is 21.0. The molecule has 0 aromatic heterocycles. The van der Waals surface area contributed by atoms with Crippen molar-refractivity contribution >= 4 is 70.9 Å². The average molecular weight is 1080 g/mol. The molecule has 3 fully saturated rings. The summed E-state index contributed by atoms with van der Waals surface area (Å²) in [5, 5.41) is 13.8. The summed E-state index contributed by atoms with van der Waals surface area (Å²) in [4.78, 5) is 0. The molecule has 0 unspecified atom stereocenters. The van der Waals surface area contributed by atoms with Crippen LogP contribution in [-0.2, 0) is 17.4 Å². The van der Waals surface area contributed by atoms with Crippen molar-refractivity contribution in [3.05, 3.63) is 290 Å². The molecule has 0 aliphatic heterocycles. The molecule has 3 aliphatic carbocycles. The number of hydrogen-bond donors (Lipinski definition) is 0. The monoisotopic (exact) mass is 1080 g/mol. The average Bonchev–Trinajstić information content (AvgIpc) is 3.54. The van der Waals surface area contributed by atoms with E-state index >= 15 is 0 Å². The predicted octanol–water partition coefficient (Wildman–Crippen LogP) is 12.7. The second kappa shape index (κ2) is 27.5. The van der Waals surface area contributed by atoms with Crippen molar-refractivity contribution in [3.8, 4) is 0 Å². The molecule has 1 radical (unpaired) electrons. The minimum Gasteiger partial charge on any atom is -0.299 e. The molecule has 0 spiro atoms. The molecule has 0 amide bonds. The zero-order valence-electron chi connectivity index (χ0n) is 44.5. The maximum Gasteiger partial charge on any atom is 3.00 e. The Kier molecular flexibility index (Phi) is 19.9. The van der Waals surface area contributed by atoms with E-state index in [1.165, 1.54) is 143 Å². The summed E-state index contributed by atoms with van der Waals surface area (Å²) in [5.41, 5.74) is 5.42. The topological polar surface area (TPSA) is 0 Å². The van der Waals surface area contributed by atoms with E-state index in [1.807, 2.05) is 16.6 Å². The van der Waals surface area contributed by atoms with Gasteiger partial charge in [-0.15, -0.1) is 0 Å². The van der Waals surface area contributed by atoms with Gasteiger partial charge in [0.05, 0.1) is 0 Å². The summed E-state index contributed by atoms with van der Waals surface area (Å²) in [6.45, 7) is 0. The quantitative estimate of drug-likeness (QED) is 0.0650. The molecule has 0 atom stereocenters. The van der Waals surface area contributed by atoms with Crippen LogP contribution in [0.2, 0.25) is 0 Å². The Morgan fingerprint density at radius 1 is 0.171 bits per heavy atom. The van der Waals surface area contributed by atoms with E-state index in [1.54, 1.807) is 0 Å². The van der Waals surface area contributed by atoms with Gasteiger partial charge < -0.3 is 0 Å². The van der Waals surface area contributed by atoms with Crippen LogP contribution in [0.4, 0.5) is 0 Å². The van der Waals surface area contributed by atoms with Crippen molar-refractivity contribution in [2.75, 3.05) is 0 Å². The second-order valence-corrected chi connectivity index (χ2v) is 32.9. The third kappa shape index (κ3) is 11.7. The molecular formula is C72H75CrSi3. The zero-order valence-corrected chi connectivity index (χ0v) is 48.8. The van der Waals surface area contributed by atoms with E-state index in [0.717, 1.165) is 0 Å². The van der Waals surface area contributed by atoms with Gasteiger partial charge in [-0.3, -0.25) is 16.6 Å². The molecule has 12 rings (SSSR count). The van der Waals surface area contributed by atoms with Crippen LogP contribution in [0.25, 0.3) is 0 Å². The molecular weight excluding hydrogens is 1000 g/mol. The fourth-order valence-corrected chi connectivity index (χ4v) is 29.8. The maximum atomic E-state index is 2.37. The first kappa shape index (κ1) is 54.9. The summed E-state index contributed by atoms with van der Waals surface area (Å²) >= 11 is 0. The summed E-state index contributed by atoms with van der Waals surface area (Å²) in [6, 6.07) is 102. The van der Waals surface area contributed by atoms with Gasteiger partial charge in [-0.25, -0.2) is 0 Å². The minimum absolute atomic E-state index is 0. The minimum atomic E-state index is -2.11. The molecule has 0 N–H and O–H groups in total. The first-order valence-corrected chi connectivity index (χ1v) is 34.3. The van der Waals surface area contributed by atoms with Gasteiger partial charge in [-0.1, -0.05) is 377 Å². The van der Waals surface area contributed by atoms with Crippen LogP contribution < -0.4 is 46.7 Å². The van der Waals surface area contributed by atoms with Crippen molar-refractivity contribution in [2.45, 2.75) is 96.3 Å². The van der Waals surface area contributed by atoms with E-state index in [0.29, 0.717) is 0 Å². The van der Waals surface area contributed by atoms with Gasteiger partial charge in [0.15, 0.2) is 0 Å². The van der Waals surface area contributed by atoms with E-state index in [4.69, 9.17) is 0 Å². The van der Waals surface area contributed by atoms with E-state index < -0.39 is 24.2 Å². The Balaban J connectivity index is 0.000000138. The molecule has 3 aliphatic rings. The van der Waals surface area contributed by atoms with Crippen LogP contribution in [-0.4, -0.2) is 24.2 Å². The Hall–Kier alpha value is -5.84. The molecule has 0 nitrogen and oxygen atoms in total. The number of benzene rings is 9. The summed E-state index contributed by atoms with van der Waals surface area (Å²) in [7, 11) is -6.32. The molecule has 0 heterocycles. The fraction of sp³-hybridized carbons (Fsp3) is 0.208. The van der Waals surface area contributed by atoms with Gasteiger partial charge in [-0.05, 0) is 0 Å². The molecule has 9 aromatic rings. The van der Waals surface area contributed by atoms with Crippen molar-refractivity contribution < 1.29 is 17.4 Å². The molecule has 9 aromatic carbocycles. The third-order valence-corrected chi connectivity index (χ3v) is 32.3. The van der Waals surface area contributed by atoms with Crippen LogP contribution in [0.5, 0.6) is 0 Å². The summed E-state index contributed by atoms with van der Waals surface area (Å²) < 4.78 is 0. The molecule has 4 heteroatoms. The third-order valence-electron chi connectivity index (χ3n) is 16.8. The first-order valence-electron chi connectivity index (χ1n) is 28.3. The largest absolute Gasteiger partial charge is 3.00 e.